The predicted molar refractivity (Wildman–Crippen MR) is 66.1 cm³/mol. The Labute approximate surface area is 97.8 Å². The van der Waals surface area contributed by atoms with Crippen LogP contribution in [0, 0.1) is 5.41 Å². The highest BCUT2D eigenvalue weighted by atomic mass is 16.5. The predicted octanol–water partition coefficient (Wildman–Crippen LogP) is 0.620. The molecule has 1 atom stereocenters. The number of hydrogen-bond donors (Lipinski definition) is 3. The molecule has 4 N–H and O–H groups in total. The maximum absolute atomic E-state index is 5.42. The lowest BCUT2D eigenvalue weighted by molar-refractivity contribution is 0.179. The molecule has 1 rings (SSSR count). The van der Waals surface area contributed by atoms with Crippen molar-refractivity contribution < 1.29 is 4.74 Å². The van der Waals surface area contributed by atoms with Crippen molar-refractivity contribution in [2.24, 2.45) is 16.3 Å². The molecule has 1 unspecified atom stereocenters. The molecule has 0 heterocycles. The lowest BCUT2D eigenvalue weighted by Crippen LogP contribution is -2.47. The van der Waals surface area contributed by atoms with Gasteiger partial charge in [-0.05, 0) is 31.6 Å². The molecular weight excluding hydrogens is 204 g/mol. The van der Waals surface area contributed by atoms with Gasteiger partial charge in [0.2, 0.25) is 5.96 Å². The van der Waals surface area contributed by atoms with Crippen molar-refractivity contribution >= 4 is 5.96 Å². The van der Waals surface area contributed by atoms with Crippen LogP contribution in [-0.4, -0.2) is 32.3 Å². The molecule has 0 aromatic carbocycles. The van der Waals surface area contributed by atoms with Gasteiger partial charge >= 0.3 is 0 Å². The first-order valence-corrected chi connectivity index (χ1v) is 5.92. The Morgan fingerprint density at radius 3 is 2.69 bits per heavy atom. The molecule has 1 aliphatic carbocycles. The Kier molecular flexibility index (Phi) is 5.02. The maximum Gasteiger partial charge on any atom is 0.206 e. The SMILES string of the molecule is CCC1(CN=C(NN)NC(C)COC)CC1. The van der Waals surface area contributed by atoms with Gasteiger partial charge in [0.25, 0.3) is 0 Å². The van der Waals surface area contributed by atoms with Gasteiger partial charge in [-0.15, -0.1) is 0 Å². The van der Waals surface area contributed by atoms with E-state index in [0.717, 1.165) is 6.54 Å². The first kappa shape index (κ1) is 13.3. The zero-order valence-corrected chi connectivity index (χ0v) is 10.5. The van der Waals surface area contributed by atoms with E-state index in [1.54, 1.807) is 7.11 Å². The lowest BCUT2D eigenvalue weighted by Gasteiger charge is -2.16. The Balaban J connectivity index is 2.37. The van der Waals surface area contributed by atoms with Gasteiger partial charge in [-0.2, -0.15) is 0 Å². The molecule has 5 nitrogen and oxygen atoms in total. The molecule has 1 fully saturated rings. The minimum absolute atomic E-state index is 0.205. The lowest BCUT2D eigenvalue weighted by atomic mass is 10.1. The fourth-order valence-corrected chi connectivity index (χ4v) is 1.71. The average molecular weight is 228 g/mol. The number of rotatable bonds is 6. The summed E-state index contributed by atoms with van der Waals surface area (Å²) in [4.78, 5) is 4.48. The second-order valence-electron chi connectivity index (χ2n) is 4.66. The standard InChI is InChI=1S/C11H24N4O/c1-4-11(5-6-11)8-13-10(15-12)14-9(2)7-16-3/h9H,4-8,12H2,1-3H3,(H2,13,14,15). The third-order valence-corrected chi connectivity index (χ3v) is 3.22. The van der Waals surface area contributed by atoms with Crippen LogP contribution in [0.5, 0.6) is 0 Å². The topological polar surface area (TPSA) is 71.7 Å². The second-order valence-corrected chi connectivity index (χ2v) is 4.66. The van der Waals surface area contributed by atoms with Crippen molar-refractivity contribution in [3.63, 3.8) is 0 Å². The number of hydrogen-bond acceptors (Lipinski definition) is 3. The highest BCUT2D eigenvalue weighted by Gasteiger charge is 2.40. The molecule has 0 aromatic heterocycles. The second kappa shape index (κ2) is 6.06. The van der Waals surface area contributed by atoms with E-state index in [1.165, 1.54) is 19.3 Å². The third-order valence-electron chi connectivity index (χ3n) is 3.22. The van der Waals surface area contributed by atoms with Crippen molar-refractivity contribution in [1.82, 2.24) is 10.7 Å². The summed E-state index contributed by atoms with van der Waals surface area (Å²) in [6, 6.07) is 0.205. The number of nitrogens with zero attached hydrogens (tertiary/aromatic N) is 1. The number of methoxy groups -OCH3 is 1. The zero-order chi connectivity index (χ0) is 12.0. The van der Waals surface area contributed by atoms with E-state index in [2.05, 4.69) is 22.7 Å². The molecule has 94 valence electrons. The van der Waals surface area contributed by atoms with Crippen LogP contribution in [0.15, 0.2) is 4.99 Å². The van der Waals surface area contributed by atoms with Crippen molar-refractivity contribution in [3.05, 3.63) is 0 Å². The average Bonchev–Trinajstić information content (AvgIpc) is 3.05. The van der Waals surface area contributed by atoms with Gasteiger partial charge in [-0.1, -0.05) is 6.92 Å². The quantitative estimate of drug-likeness (QED) is 0.270. The molecule has 0 bridgehead atoms. The summed E-state index contributed by atoms with van der Waals surface area (Å²) in [7, 11) is 1.68. The fourth-order valence-electron chi connectivity index (χ4n) is 1.71. The summed E-state index contributed by atoms with van der Waals surface area (Å²) in [5, 5.41) is 3.18. The Morgan fingerprint density at radius 1 is 1.56 bits per heavy atom. The molecule has 0 radical (unpaired) electrons. The van der Waals surface area contributed by atoms with E-state index in [0.29, 0.717) is 18.0 Å². The van der Waals surface area contributed by atoms with Crippen LogP contribution in [0.25, 0.3) is 0 Å². The molecule has 5 heteroatoms. The van der Waals surface area contributed by atoms with Crippen molar-refractivity contribution in [2.45, 2.75) is 39.2 Å². The van der Waals surface area contributed by atoms with Crippen LogP contribution in [-0.2, 0) is 4.74 Å². The highest BCUT2D eigenvalue weighted by molar-refractivity contribution is 5.79. The molecule has 0 aliphatic heterocycles. The summed E-state index contributed by atoms with van der Waals surface area (Å²) in [6.07, 6.45) is 3.78. The third kappa shape index (κ3) is 3.98. The van der Waals surface area contributed by atoms with Crippen molar-refractivity contribution in [1.29, 1.82) is 0 Å². The Bertz CT molecular complexity index is 238. The smallest absolute Gasteiger partial charge is 0.206 e. The molecule has 0 saturated heterocycles. The minimum Gasteiger partial charge on any atom is -0.383 e. The summed E-state index contributed by atoms with van der Waals surface area (Å²) in [5.41, 5.74) is 3.05. The van der Waals surface area contributed by atoms with Gasteiger partial charge < -0.3 is 10.1 Å². The summed E-state index contributed by atoms with van der Waals surface area (Å²) < 4.78 is 5.04. The molecule has 0 amide bonds. The van der Waals surface area contributed by atoms with E-state index < -0.39 is 0 Å². The fraction of sp³-hybridized carbons (Fsp3) is 0.909. The van der Waals surface area contributed by atoms with Gasteiger partial charge in [0.05, 0.1) is 6.61 Å². The van der Waals surface area contributed by atoms with Gasteiger partial charge in [0.15, 0.2) is 0 Å². The van der Waals surface area contributed by atoms with Crippen LogP contribution in [0.2, 0.25) is 0 Å². The molecule has 16 heavy (non-hydrogen) atoms. The van der Waals surface area contributed by atoms with E-state index in [-0.39, 0.29) is 6.04 Å². The monoisotopic (exact) mass is 228 g/mol. The van der Waals surface area contributed by atoms with Crippen LogP contribution in [0.4, 0.5) is 0 Å². The van der Waals surface area contributed by atoms with Gasteiger partial charge in [0, 0.05) is 19.7 Å². The first-order valence-electron chi connectivity index (χ1n) is 5.92. The summed E-state index contributed by atoms with van der Waals surface area (Å²) in [6.45, 7) is 5.75. The summed E-state index contributed by atoms with van der Waals surface area (Å²) >= 11 is 0. The van der Waals surface area contributed by atoms with E-state index in [9.17, 15) is 0 Å². The number of ether oxygens (including phenoxy) is 1. The van der Waals surface area contributed by atoms with Crippen LogP contribution in [0.1, 0.15) is 33.1 Å². The number of nitrogens with one attached hydrogen (secondary N) is 2. The molecular formula is C11H24N4O. The Hall–Kier alpha value is -0.810. The number of aliphatic imine (C=N–C) groups is 1. The largest absolute Gasteiger partial charge is 0.383 e. The van der Waals surface area contributed by atoms with Crippen LogP contribution >= 0.6 is 0 Å². The normalized spacial score (nSPS) is 20.4. The first-order chi connectivity index (χ1) is 7.65. The molecule has 1 aliphatic rings. The number of guanidine groups is 1. The maximum atomic E-state index is 5.42. The molecule has 0 aromatic rings. The summed E-state index contributed by atoms with van der Waals surface area (Å²) in [5.74, 6) is 6.08. The van der Waals surface area contributed by atoms with Crippen LogP contribution in [0.3, 0.4) is 0 Å². The zero-order valence-electron chi connectivity index (χ0n) is 10.5. The molecule has 0 spiro atoms. The van der Waals surface area contributed by atoms with Crippen molar-refractivity contribution in [2.75, 3.05) is 20.3 Å². The van der Waals surface area contributed by atoms with Crippen LogP contribution < -0.4 is 16.6 Å². The molecule has 1 saturated carbocycles. The number of nitrogens with two attached hydrogens (primary N) is 1. The van der Waals surface area contributed by atoms with Crippen molar-refractivity contribution in [3.8, 4) is 0 Å². The van der Waals surface area contributed by atoms with Gasteiger partial charge in [-0.25, -0.2) is 5.84 Å². The van der Waals surface area contributed by atoms with Gasteiger partial charge in [0.1, 0.15) is 0 Å². The van der Waals surface area contributed by atoms with E-state index >= 15 is 0 Å². The van der Waals surface area contributed by atoms with E-state index in [1.807, 2.05) is 6.92 Å². The van der Waals surface area contributed by atoms with E-state index in [4.69, 9.17) is 10.6 Å². The highest BCUT2D eigenvalue weighted by Crippen LogP contribution is 2.48. The van der Waals surface area contributed by atoms with Gasteiger partial charge in [-0.3, -0.25) is 10.4 Å². The minimum atomic E-state index is 0.205. The Morgan fingerprint density at radius 2 is 2.25 bits per heavy atom. The number of hydrazine groups is 1.